The number of amides is 2. The summed E-state index contributed by atoms with van der Waals surface area (Å²) >= 11 is 10.2. The number of aliphatic hydroxyl groups excluding tert-OH is 1. The maximum absolute atomic E-state index is 14.8. The van der Waals surface area contributed by atoms with E-state index in [1.54, 1.807) is 36.4 Å². The lowest BCUT2D eigenvalue weighted by Crippen LogP contribution is -2.59. The van der Waals surface area contributed by atoms with Gasteiger partial charge in [0.2, 0.25) is 5.91 Å². The van der Waals surface area contributed by atoms with Crippen molar-refractivity contribution in [3.63, 3.8) is 0 Å². The molecule has 3 saturated heterocycles. The number of alkyl halides is 1. The zero-order chi connectivity index (χ0) is 30.0. The topological polar surface area (TPSA) is 96.4 Å². The summed E-state index contributed by atoms with van der Waals surface area (Å²) in [6, 6.07) is 14.5. The van der Waals surface area contributed by atoms with E-state index in [2.05, 4.69) is 29.1 Å². The van der Waals surface area contributed by atoms with Gasteiger partial charge in [0, 0.05) is 11.4 Å². The molecule has 3 aliphatic heterocycles. The molecule has 10 heteroatoms. The van der Waals surface area contributed by atoms with Crippen LogP contribution < -0.4 is 4.90 Å². The molecule has 3 unspecified atom stereocenters. The molecule has 1 N–H and O–H groups in total. The van der Waals surface area contributed by atoms with Gasteiger partial charge in [-0.25, -0.2) is 0 Å². The van der Waals surface area contributed by atoms with Gasteiger partial charge >= 0.3 is 5.97 Å². The molecule has 0 aliphatic carbocycles. The standard InChI is InChI=1S/C32H34BrClN2O6/c1-3-5-16-41-31(40)25-26-29(38)36(21(19-37)17-20-11-7-6-8-12-20)28(32(26)18-22(33)27(25)42-32)30(39)35(15-4-2)24-14-10-9-13-23(24)34/h3-4,6-14,21-22,25-28,37H,1-2,5,15-19H2/t21-,22?,25+,26+,27+,28?,32?/m1/s1. The quantitative estimate of drug-likeness (QED) is 0.158. The van der Waals surface area contributed by atoms with Crippen LogP contribution in [0.2, 0.25) is 5.02 Å². The fraction of sp³-hybridized carbons (Fsp3) is 0.406. The number of carbonyl (C=O) groups is 3. The minimum atomic E-state index is -1.32. The molecule has 5 rings (SSSR count). The Morgan fingerprint density at radius 3 is 2.57 bits per heavy atom. The summed E-state index contributed by atoms with van der Waals surface area (Å²) in [4.78, 5) is 45.4. The highest BCUT2D eigenvalue weighted by Gasteiger charge is 2.77. The lowest BCUT2D eigenvalue weighted by Gasteiger charge is -2.39. The van der Waals surface area contributed by atoms with Crippen molar-refractivity contribution in [2.75, 3.05) is 24.7 Å². The number of fused-ring (bicyclic) bond motifs is 1. The van der Waals surface area contributed by atoms with Crippen LogP contribution in [0.5, 0.6) is 0 Å². The highest BCUT2D eigenvalue weighted by Crippen LogP contribution is 2.61. The average Bonchev–Trinajstić information content (AvgIpc) is 3.58. The van der Waals surface area contributed by atoms with E-state index in [1.165, 1.54) is 9.80 Å². The molecule has 2 aromatic rings. The van der Waals surface area contributed by atoms with Crippen LogP contribution in [0, 0.1) is 11.8 Å². The second-order valence-corrected chi connectivity index (χ2v) is 12.5. The summed E-state index contributed by atoms with van der Waals surface area (Å²) in [5, 5.41) is 11.0. The van der Waals surface area contributed by atoms with Gasteiger partial charge in [-0.05, 0) is 37.0 Å². The Labute approximate surface area is 259 Å². The van der Waals surface area contributed by atoms with Crippen molar-refractivity contribution in [2.24, 2.45) is 11.8 Å². The maximum Gasteiger partial charge on any atom is 0.312 e. The van der Waals surface area contributed by atoms with E-state index in [-0.39, 0.29) is 18.0 Å². The number of anilines is 1. The molecule has 2 bridgehead atoms. The van der Waals surface area contributed by atoms with Crippen LogP contribution in [0.3, 0.4) is 0 Å². The predicted octanol–water partition coefficient (Wildman–Crippen LogP) is 4.33. The highest BCUT2D eigenvalue weighted by atomic mass is 79.9. The van der Waals surface area contributed by atoms with Gasteiger partial charge < -0.3 is 24.4 Å². The molecule has 2 aromatic carbocycles. The van der Waals surface area contributed by atoms with Crippen LogP contribution >= 0.6 is 27.5 Å². The number of hydrogen-bond donors (Lipinski definition) is 1. The van der Waals surface area contributed by atoms with E-state index in [4.69, 9.17) is 21.1 Å². The fourth-order valence-corrected chi connectivity index (χ4v) is 7.92. The first-order chi connectivity index (χ1) is 20.3. The summed E-state index contributed by atoms with van der Waals surface area (Å²) < 4.78 is 12.1. The van der Waals surface area contributed by atoms with Gasteiger partial charge in [-0.3, -0.25) is 14.4 Å². The summed E-state index contributed by atoms with van der Waals surface area (Å²) in [5.74, 6) is -3.25. The third kappa shape index (κ3) is 5.21. The molecule has 8 nitrogen and oxygen atoms in total. The summed E-state index contributed by atoms with van der Waals surface area (Å²) in [6.45, 7) is 7.37. The Bertz CT molecular complexity index is 1360. The van der Waals surface area contributed by atoms with E-state index in [9.17, 15) is 19.5 Å². The third-order valence-electron chi connectivity index (χ3n) is 8.44. The van der Waals surface area contributed by atoms with Crippen molar-refractivity contribution < 1.29 is 29.0 Å². The summed E-state index contributed by atoms with van der Waals surface area (Å²) in [6.07, 6.45) is 3.68. The number of rotatable bonds is 12. The average molecular weight is 658 g/mol. The Morgan fingerprint density at radius 2 is 1.90 bits per heavy atom. The van der Waals surface area contributed by atoms with Gasteiger partial charge in [0.15, 0.2) is 0 Å². The molecule has 0 aromatic heterocycles. The van der Waals surface area contributed by atoms with Crippen molar-refractivity contribution in [1.29, 1.82) is 0 Å². The van der Waals surface area contributed by atoms with Gasteiger partial charge in [0.1, 0.15) is 11.6 Å². The first kappa shape index (κ1) is 30.5. The Balaban J connectivity index is 1.61. The summed E-state index contributed by atoms with van der Waals surface area (Å²) in [5.41, 5.74) is 0.0336. The third-order valence-corrected chi connectivity index (χ3v) is 9.60. The zero-order valence-electron chi connectivity index (χ0n) is 23.1. The molecule has 0 radical (unpaired) electrons. The molecule has 222 valence electrons. The van der Waals surface area contributed by atoms with E-state index >= 15 is 0 Å². The predicted molar refractivity (Wildman–Crippen MR) is 163 cm³/mol. The van der Waals surface area contributed by atoms with Crippen molar-refractivity contribution in [3.05, 3.63) is 90.5 Å². The Hall–Kier alpha value is -2.98. The lowest BCUT2D eigenvalue weighted by atomic mass is 9.70. The van der Waals surface area contributed by atoms with E-state index in [0.717, 1.165) is 5.56 Å². The smallest absolute Gasteiger partial charge is 0.312 e. The van der Waals surface area contributed by atoms with Gasteiger partial charge in [-0.2, -0.15) is 0 Å². The number of hydrogen-bond acceptors (Lipinski definition) is 6. The van der Waals surface area contributed by atoms with Crippen LogP contribution in [-0.2, 0) is 30.3 Å². The molecule has 1 spiro atoms. The number of para-hydroxylation sites is 1. The van der Waals surface area contributed by atoms with Crippen LogP contribution in [0.25, 0.3) is 0 Å². The fourth-order valence-electron chi connectivity index (χ4n) is 6.74. The molecule has 3 fully saturated rings. The van der Waals surface area contributed by atoms with E-state index in [0.29, 0.717) is 30.0 Å². The normalized spacial score (nSPS) is 28.3. The maximum atomic E-state index is 14.8. The largest absolute Gasteiger partial charge is 0.465 e. The van der Waals surface area contributed by atoms with Crippen molar-refractivity contribution in [3.8, 4) is 0 Å². The molecule has 0 saturated carbocycles. The molecule has 3 heterocycles. The van der Waals surface area contributed by atoms with Crippen LogP contribution in [0.15, 0.2) is 79.9 Å². The monoisotopic (exact) mass is 656 g/mol. The number of halogens is 2. The molecular formula is C32H34BrClN2O6. The van der Waals surface area contributed by atoms with Crippen molar-refractivity contribution in [1.82, 2.24) is 4.90 Å². The lowest BCUT2D eigenvalue weighted by molar-refractivity contribution is -0.155. The molecule has 3 aliphatic rings. The number of likely N-dealkylation sites (tertiary alicyclic amines) is 1. The van der Waals surface area contributed by atoms with Crippen LogP contribution in [0.4, 0.5) is 5.69 Å². The first-order valence-electron chi connectivity index (χ1n) is 14.0. The number of carbonyl (C=O) groups excluding carboxylic acids is 3. The molecular weight excluding hydrogens is 624 g/mol. The molecule has 2 amide bonds. The second kappa shape index (κ2) is 12.7. The van der Waals surface area contributed by atoms with Gasteiger partial charge in [-0.1, -0.05) is 82.1 Å². The number of ether oxygens (including phenoxy) is 2. The first-order valence-corrected chi connectivity index (χ1v) is 15.3. The minimum Gasteiger partial charge on any atom is -0.465 e. The zero-order valence-corrected chi connectivity index (χ0v) is 25.5. The minimum absolute atomic E-state index is 0.124. The number of nitrogens with zero attached hydrogens (tertiary/aromatic N) is 2. The van der Waals surface area contributed by atoms with Gasteiger partial charge in [0.05, 0.1) is 47.9 Å². The second-order valence-electron chi connectivity index (χ2n) is 10.9. The SMILES string of the molecule is C=CCCOC(=O)[C@H]1[C@H]2C(=O)N([C@@H](CO)Cc3ccccc3)C(C(=O)N(CC=C)c3ccccc3Cl)C23CC(Br)[C@@H]1O3. The molecule has 42 heavy (non-hydrogen) atoms. The number of esters is 1. The van der Waals surface area contributed by atoms with E-state index < -0.39 is 60.0 Å². The van der Waals surface area contributed by atoms with Crippen molar-refractivity contribution in [2.45, 2.75) is 47.9 Å². The molecule has 7 atom stereocenters. The Morgan fingerprint density at radius 1 is 1.19 bits per heavy atom. The van der Waals surface area contributed by atoms with Gasteiger partial charge in [-0.15, -0.1) is 13.2 Å². The van der Waals surface area contributed by atoms with Gasteiger partial charge in [0.25, 0.3) is 5.91 Å². The number of aliphatic hydroxyl groups is 1. The summed E-state index contributed by atoms with van der Waals surface area (Å²) in [7, 11) is 0. The highest BCUT2D eigenvalue weighted by molar-refractivity contribution is 9.09. The number of benzene rings is 2. The van der Waals surface area contributed by atoms with Crippen molar-refractivity contribution >= 4 is 51.0 Å². The van der Waals surface area contributed by atoms with E-state index in [1.807, 2.05) is 30.3 Å². The van der Waals surface area contributed by atoms with Crippen LogP contribution in [-0.4, -0.2) is 76.2 Å². The van der Waals surface area contributed by atoms with Crippen LogP contribution in [0.1, 0.15) is 18.4 Å². The Kier molecular flexibility index (Phi) is 9.23.